The highest BCUT2D eigenvalue weighted by molar-refractivity contribution is 6.21. The Morgan fingerprint density at radius 2 is 1.47 bits per heavy atom. The summed E-state index contributed by atoms with van der Waals surface area (Å²) in [6.07, 6.45) is 2.00. The Labute approximate surface area is 202 Å². The summed E-state index contributed by atoms with van der Waals surface area (Å²) in [6, 6.07) is 17.3. The molecule has 2 aromatic rings. The van der Waals surface area contributed by atoms with Crippen molar-refractivity contribution in [2.45, 2.75) is 52.2 Å². The van der Waals surface area contributed by atoms with Gasteiger partial charge in [-0.1, -0.05) is 42.5 Å². The normalized spacial score (nSPS) is 13.4. The lowest BCUT2D eigenvalue weighted by Crippen LogP contribution is -2.35. The number of imide groups is 1. The summed E-state index contributed by atoms with van der Waals surface area (Å²) in [5, 5.41) is 2.81. The number of rotatable bonds is 11. The van der Waals surface area contributed by atoms with Gasteiger partial charge in [-0.05, 0) is 64.3 Å². The third-order valence-electron chi connectivity index (χ3n) is 5.55. The lowest BCUT2D eigenvalue weighted by Gasteiger charge is -2.24. The second-order valence-electron chi connectivity index (χ2n) is 9.56. The Kier molecular flexibility index (Phi) is 8.82. The van der Waals surface area contributed by atoms with Crippen LogP contribution in [0.5, 0.6) is 0 Å². The number of nitrogens with zero attached hydrogens (tertiary/aromatic N) is 2. The second-order valence-corrected chi connectivity index (χ2v) is 9.56. The van der Waals surface area contributed by atoms with E-state index in [4.69, 9.17) is 4.74 Å². The maximum Gasteiger partial charge on any atom is 0.407 e. The second kappa shape index (κ2) is 11.8. The summed E-state index contributed by atoms with van der Waals surface area (Å²) in [4.78, 5) is 40.6. The molecule has 0 saturated heterocycles. The Morgan fingerprint density at radius 1 is 0.882 bits per heavy atom. The third kappa shape index (κ3) is 7.42. The Hall–Kier alpha value is -3.19. The summed E-state index contributed by atoms with van der Waals surface area (Å²) >= 11 is 0. The lowest BCUT2D eigenvalue weighted by atomic mass is 10.1. The van der Waals surface area contributed by atoms with Crippen molar-refractivity contribution in [3.05, 3.63) is 71.3 Å². The highest BCUT2D eigenvalue weighted by atomic mass is 16.6. The third-order valence-corrected chi connectivity index (χ3v) is 5.55. The number of hydrogen-bond donors (Lipinski definition) is 1. The molecule has 3 rings (SSSR count). The number of carbonyl (C=O) groups is 3. The fourth-order valence-electron chi connectivity index (χ4n) is 3.97. The standard InChI is InChI=1S/C27H35N3O4/c1-27(2,3)34-26(33)28-16-11-18-29(20-21-12-5-4-6-13-21)17-9-10-19-30-24(31)22-14-7-8-15-23(22)25(30)32/h4-8,12-15H,9-11,16-20H2,1-3H3,(H,28,33). The van der Waals surface area contributed by atoms with E-state index in [0.29, 0.717) is 24.2 Å². The minimum atomic E-state index is -0.511. The van der Waals surface area contributed by atoms with Gasteiger partial charge in [-0.15, -0.1) is 0 Å². The van der Waals surface area contributed by atoms with E-state index in [1.54, 1.807) is 24.3 Å². The first-order valence-corrected chi connectivity index (χ1v) is 11.9. The maximum absolute atomic E-state index is 12.5. The maximum atomic E-state index is 12.5. The summed E-state index contributed by atoms with van der Waals surface area (Å²) in [5.74, 6) is -0.398. The average Bonchev–Trinajstić information content (AvgIpc) is 3.03. The zero-order chi connectivity index (χ0) is 24.6. The lowest BCUT2D eigenvalue weighted by molar-refractivity contribution is 0.0523. The van der Waals surface area contributed by atoms with Gasteiger partial charge in [0.1, 0.15) is 5.60 Å². The molecule has 0 atom stereocenters. The van der Waals surface area contributed by atoms with Crippen LogP contribution in [-0.4, -0.2) is 59.5 Å². The molecule has 34 heavy (non-hydrogen) atoms. The summed E-state index contributed by atoms with van der Waals surface area (Å²) in [5.41, 5.74) is 1.71. The van der Waals surface area contributed by atoms with E-state index in [1.807, 2.05) is 39.0 Å². The van der Waals surface area contributed by atoms with Gasteiger partial charge in [0.25, 0.3) is 11.8 Å². The molecule has 0 bridgehead atoms. The van der Waals surface area contributed by atoms with Crippen LogP contribution in [0, 0.1) is 0 Å². The van der Waals surface area contributed by atoms with Crippen molar-refractivity contribution in [2.75, 3.05) is 26.2 Å². The van der Waals surface area contributed by atoms with Gasteiger partial charge in [0.05, 0.1) is 11.1 Å². The predicted molar refractivity (Wildman–Crippen MR) is 132 cm³/mol. The van der Waals surface area contributed by atoms with E-state index in [-0.39, 0.29) is 11.8 Å². The highest BCUT2D eigenvalue weighted by Crippen LogP contribution is 2.22. The molecule has 1 heterocycles. The minimum absolute atomic E-state index is 0.199. The van der Waals surface area contributed by atoms with Crippen LogP contribution in [0.4, 0.5) is 4.79 Å². The Morgan fingerprint density at radius 3 is 2.09 bits per heavy atom. The van der Waals surface area contributed by atoms with Crippen LogP contribution >= 0.6 is 0 Å². The SMILES string of the molecule is CC(C)(C)OC(=O)NCCCN(CCCCN1C(=O)c2ccccc2C1=O)Cc1ccccc1. The molecular formula is C27H35N3O4. The van der Waals surface area contributed by atoms with Gasteiger partial charge in [0.15, 0.2) is 0 Å². The average molecular weight is 466 g/mol. The van der Waals surface area contributed by atoms with Gasteiger partial charge in [-0.3, -0.25) is 19.4 Å². The minimum Gasteiger partial charge on any atom is -0.444 e. The van der Waals surface area contributed by atoms with Gasteiger partial charge in [-0.2, -0.15) is 0 Å². The van der Waals surface area contributed by atoms with E-state index in [0.717, 1.165) is 38.9 Å². The zero-order valence-electron chi connectivity index (χ0n) is 20.4. The van der Waals surface area contributed by atoms with Crippen LogP contribution in [0.15, 0.2) is 54.6 Å². The molecule has 0 aromatic heterocycles. The molecule has 7 nitrogen and oxygen atoms in total. The molecule has 0 saturated carbocycles. The summed E-state index contributed by atoms with van der Waals surface area (Å²) < 4.78 is 5.29. The van der Waals surface area contributed by atoms with Crippen molar-refractivity contribution < 1.29 is 19.1 Å². The number of alkyl carbamates (subject to hydrolysis) is 1. The first-order valence-electron chi connectivity index (χ1n) is 11.9. The molecule has 1 N–H and O–H groups in total. The van der Waals surface area contributed by atoms with E-state index >= 15 is 0 Å². The Balaban J connectivity index is 1.46. The van der Waals surface area contributed by atoms with Gasteiger partial charge in [0, 0.05) is 26.2 Å². The molecule has 0 spiro atoms. The number of nitrogens with one attached hydrogen (secondary N) is 1. The van der Waals surface area contributed by atoms with Crippen molar-refractivity contribution in [3.8, 4) is 0 Å². The molecule has 2 aromatic carbocycles. The van der Waals surface area contributed by atoms with Gasteiger partial charge in [-0.25, -0.2) is 4.79 Å². The van der Waals surface area contributed by atoms with Crippen LogP contribution in [0.25, 0.3) is 0 Å². The number of fused-ring (bicyclic) bond motifs is 1. The van der Waals surface area contributed by atoms with Gasteiger partial charge >= 0.3 is 6.09 Å². The monoisotopic (exact) mass is 465 g/mol. The van der Waals surface area contributed by atoms with Crippen molar-refractivity contribution in [3.63, 3.8) is 0 Å². The topological polar surface area (TPSA) is 79.0 Å². The fourth-order valence-corrected chi connectivity index (χ4v) is 3.97. The summed E-state index contributed by atoms with van der Waals surface area (Å²) in [7, 11) is 0. The number of hydrogen-bond acceptors (Lipinski definition) is 5. The number of carbonyl (C=O) groups excluding carboxylic acids is 3. The fraction of sp³-hybridized carbons (Fsp3) is 0.444. The van der Waals surface area contributed by atoms with Gasteiger partial charge < -0.3 is 10.1 Å². The predicted octanol–water partition coefficient (Wildman–Crippen LogP) is 4.48. The smallest absolute Gasteiger partial charge is 0.407 e. The van der Waals surface area contributed by atoms with Crippen LogP contribution in [0.3, 0.4) is 0 Å². The van der Waals surface area contributed by atoms with E-state index < -0.39 is 11.7 Å². The van der Waals surface area contributed by atoms with Crippen molar-refractivity contribution in [2.24, 2.45) is 0 Å². The van der Waals surface area contributed by atoms with E-state index in [9.17, 15) is 14.4 Å². The molecule has 0 unspecified atom stereocenters. The van der Waals surface area contributed by atoms with Gasteiger partial charge in [0.2, 0.25) is 0 Å². The molecular weight excluding hydrogens is 430 g/mol. The molecule has 0 fully saturated rings. The number of amides is 3. The van der Waals surface area contributed by atoms with Crippen LogP contribution in [-0.2, 0) is 11.3 Å². The number of ether oxygens (including phenoxy) is 1. The number of benzene rings is 2. The molecule has 3 amide bonds. The molecule has 0 aliphatic carbocycles. The first kappa shape index (κ1) is 25.4. The zero-order valence-corrected chi connectivity index (χ0v) is 20.4. The highest BCUT2D eigenvalue weighted by Gasteiger charge is 2.34. The molecule has 0 radical (unpaired) electrons. The summed E-state index contributed by atoms with van der Waals surface area (Å²) in [6.45, 7) is 8.95. The largest absolute Gasteiger partial charge is 0.444 e. The van der Waals surface area contributed by atoms with E-state index in [2.05, 4.69) is 22.3 Å². The van der Waals surface area contributed by atoms with Crippen LogP contribution < -0.4 is 5.32 Å². The quantitative estimate of drug-likeness (QED) is 0.391. The van der Waals surface area contributed by atoms with Crippen molar-refractivity contribution in [1.29, 1.82) is 0 Å². The van der Waals surface area contributed by atoms with Crippen molar-refractivity contribution in [1.82, 2.24) is 15.1 Å². The number of unbranched alkanes of at least 4 members (excludes halogenated alkanes) is 1. The van der Waals surface area contributed by atoms with Crippen molar-refractivity contribution >= 4 is 17.9 Å². The van der Waals surface area contributed by atoms with E-state index in [1.165, 1.54) is 10.5 Å². The Bertz CT molecular complexity index is 950. The molecule has 182 valence electrons. The first-order chi connectivity index (χ1) is 16.2. The molecule has 7 heteroatoms. The van der Waals surface area contributed by atoms with Crippen LogP contribution in [0.1, 0.15) is 66.3 Å². The van der Waals surface area contributed by atoms with Crippen LogP contribution in [0.2, 0.25) is 0 Å². The molecule has 1 aliphatic heterocycles. The molecule has 1 aliphatic rings.